The van der Waals surface area contributed by atoms with Crippen molar-refractivity contribution in [3.05, 3.63) is 83.2 Å². The highest BCUT2D eigenvalue weighted by atomic mass is 32.2. The van der Waals surface area contributed by atoms with E-state index in [9.17, 15) is 9.59 Å². The Morgan fingerprint density at radius 1 is 0.939 bits per heavy atom. The molecule has 1 N–H and O–H groups in total. The fraction of sp³-hybridized carbons (Fsp3) is 0.200. The Bertz CT molecular complexity index is 1280. The number of Topliss-reactive ketones (excluding diaryl/α,β-unsaturated/α-hetero) is 1. The molecule has 0 spiro atoms. The van der Waals surface area contributed by atoms with Gasteiger partial charge in [-0.25, -0.2) is 4.79 Å². The van der Waals surface area contributed by atoms with Gasteiger partial charge in [-0.2, -0.15) is 0 Å². The van der Waals surface area contributed by atoms with Crippen molar-refractivity contribution in [3.63, 3.8) is 0 Å². The maximum Gasteiger partial charge on any atom is 0.340 e. The first kappa shape index (κ1) is 22.5. The number of carbonyl (C=O) groups excluding carboxylic acids is 2. The van der Waals surface area contributed by atoms with Gasteiger partial charge in [0.25, 0.3) is 0 Å². The number of para-hydroxylation sites is 1. The quantitative estimate of drug-likeness (QED) is 0.225. The number of aryl methyl sites for hydroxylation is 2. The lowest BCUT2D eigenvalue weighted by Gasteiger charge is -2.10. The number of aromatic amines is 1. The molecule has 4 rings (SSSR count). The van der Waals surface area contributed by atoms with Crippen molar-refractivity contribution in [3.8, 4) is 17.1 Å². The third kappa shape index (κ3) is 4.61. The van der Waals surface area contributed by atoms with Gasteiger partial charge in [-0.1, -0.05) is 60.3 Å². The van der Waals surface area contributed by atoms with Crippen LogP contribution in [0.1, 0.15) is 39.0 Å². The van der Waals surface area contributed by atoms with Gasteiger partial charge in [0.2, 0.25) is 0 Å². The zero-order chi connectivity index (χ0) is 23.4. The molecular weight excluding hydrogens is 436 g/mol. The third-order valence-corrected chi connectivity index (χ3v) is 6.07. The number of aromatic nitrogens is 4. The maximum atomic E-state index is 13.2. The number of esters is 1. The summed E-state index contributed by atoms with van der Waals surface area (Å²) in [6, 6.07) is 19.6. The van der Waals surface area contributed by atoms with Crippen LogP contribution >= 0.6 is 11.8 Å². The summed E-state index contributed by atoms with van der Waals surface area (Å²) in [4.78, 5) is 28.7. The molecule has 0 atom stereocenters. The summed E-state index contributed by atoms with van der Waals surface area (Å²) in [6.07, 6.45) is 0. The third-order valence-electron chi connectivity index (χ3n) is 5.15. The second kappa shape index (κ2) is 9.87. The predicted molar refractivity (Wildman–Crippen MR) is 128 cm³/mol. The lowest BCUT2D eigenvalue weighted by molar-refractivity contribution is 0.0522. The molecule has 2 heterocycles. The topological polar surface area (TPSA) is 89.9 Å². The van der Waals surface area contributed by atoms with Gasteiger partial charge in [0.15, 0.2) is 16.8 Å². The van der Waals surface area contributed by atoms with Crippen molar-refractivity contribution >= 4 is 23.5 Å². The van der Waals surface area contributed by atoms with Crippen molar-refractivity contribution in [2.45, 2.75) is 25.9 Å². The molecule has 0 unspecified atom stereocenters. The first-order chi connectivity index (χ1) is 16.0. The molecule has 2 aromatic carbocycles. The number of nitrogens with zero attached hydrogens (tertiary/aromatic N) is 3. The number of rotatable bonds is 8. The minimum absolute atomic E-state index is 0.101. The van der Waals surface area contributed by atoms with Crippen LogP contribution in [-0.2, 0) is 4.74 Å². The van der Waals surface area contributed by atoms with Gasteiger partial charge in [0, 0.05) is 22.6 Å². The van der Waals surface area contributed by atoms with Crippen LogP contribution in [0.15, 0.2) is 65.8 Å². The molecule has 33 heavy (non-hydrogen) atoms. The normalized spacial score (nSPS) is 10.9. The molecule has 0 bridgehead atoms. The van der Waals surface area contributed by atoms with E-state index in [1.54, 1.807) is 20.8 Å². The Morgan fingerprint density at radius 3 is 2.24 bits per heavy atom. The molecule has 0 fully saturated rings. The van der Waals surface area contributed by atoms with E-state index in [-0.39, 0.29) is 18.1 Å². The van der Waals surface area contributed by atoms with Gasteiger partial charge >= 0.3 is 5.97 Å². The molecule has 168 valence electrons. The van der Waals surface area contributed by atoms with E-state index < -0.39 is 5.97 Å². The Morgan fingerprint density at radius 2 is 1.58 bits per heavy atom. The zero-order valence-electron chi connectivity index (χ0n) is 18.7. The predicted octanol–water partition coefficient (Wildman–Crippen LogP) is 5.03. The largest absolute Gasteiger partial charge is 0.462 e. The minimum Gasteiger partial charge on any atom is -0.462 e. The van der Waals surface area contributed by atoms with Crippen molar-refractivity contribution in [2.24, 2.45) is 0 Å². The van der Waals surface area contributed by atoms with Gasteiger partial charge in [-0.15, -0.1) is 10.2 Å². The number of hydrogen-bond acceptors (Lipinski definition) is 6. The molecule has 0 aliphatic rings. The van der Waals surface area contributed by atoms with Crippen molar-refractivity contribution in [1.82, 2.24) is 19.7 Å². The number of benzene rings is 2. The molecule has 2 aromatic heterocycles. The van der Waals surface area contributed by atoms with Crippen LogP contribution in [0.4, 0.5) is 0 Å². The van der Waals surface area contributed by atoms with Crippen molar-refractivity contribution in [1.29, 1.82) is 0 Å². The average Bonchev–Trinajstić information content (AvgIpc) is 3.38. The molecule has 0 radical (unpaired) electrons. The van der Waals surface area contributed by atoms with Gasteiger partial charge in [0.1, 0.15) is 0 Å². The summed E-state index contributed by atoms with van der Waals surface area (Å²) in [7, 11) is 0. The Kier molecular flexibility index (Phi) is 6.74. The first-order valence-corrected chi connectivity index (χ1v) is 11.6. The van der Waals surface area contributed by atoms with E-state index in [0.29, 0.717) is 33.5 Å². The molecule has 4 aromatic rings. The Hall–Kier alpha value is -3.65. The van der Waals surface area contributed by atoms with Crippen LogP contribution in [-0.4, -0.2) is 43.9 Å². The lowest BCUT2D eigenvalue weighted by Crippen LogP contribution is -2.13. The SMILES string of the molecule is CCOC(=O)c1c(C)[nH]c(C)c1C(=O)CSc1nnc(-c2ccccc2)n1-c1ccccc1. The van der Waals surface area contributed by atoms with Gasteiger partial charge < -0.3 is 9.72 Å². The second-order valence-corrected chi connectivity index (χ2v) is 8.34. The standard InChI is InChI=1S/C25H24N4O3S/c1-4-32-24(31)22-17(3)26-16(2)21(22)20(30)15-33-25-28-27-23(18-11-7-5-8-12-18)29(25)19-13-9-6-10-14-19/h5-14,26H,4,15H2,1-3H3. The smallest absolute Gasteiger partial charge is 0.340 e. The van der Waals surface area contributed by atoms with Gasteiger partial charge in [0.05, 0.1) is 23.5 Å². The molecule has 0 amide bonds. The molecule has 0 aliphatic carbocycles. The number of nitrogens with one attached hydrogen (secondary N) is 1. The summed E-state index contributed by atoms with van der Waals surface area (Å²) in [5.74, 6) is 0.127. The summed E-state index contributed by atoms with van der Waals surface area (Å²) < 4.78 is 7.10. The number of ketones is 1. The van der Waals surface area contributed by atoms with Gasteiger partial charge in [-0.3, -0.25) is 9.36 Å². The average molecular weight is 461 g/mol. The van der Waals surface area contributed by atoms with E-state index in [4.69, 9.17) is 4.74 Å². The monoisotopic (exact) mass is 460 g/mol. The summed E-state index contributed by atoms with van der Waals surface area (Å²) in [5, 5.41) is 9.37. The molecule has 0 saturated carbocycles. The number of H-pyrrole nitrogens is 1. The fourth-order valence-corrected chi connectivity index (χ4v) is 4.56. The van der Waals surface area contributed by atoms with Crippen molar-refractivity contribution < 1.29 is 14.3 Å². The van der Waals surface area contributed by atoms with Crippen LogP contribution < -0.4 is 0 Å². The highest BCUT2D eigenvalue weighted by Crippen LogP contribution is 2.29. The molecule has 0 saturated heterocycles. The first-order valence-electron chi connectivity index (χ1n) is 10.6. The van der Waals surface area contributed by atoms with E-state index in [1.807, 2.05) is 65.2 Å². The maximum absolute atomic E-state index is 13.2. The summed E-state index contributed by atoms with van der Waals surface area (Å²) >= 11 is 1.29. The van der Waals surface area contributed by atoms with Crippen LogP contribution in [0.3, 0.4) is 0 Å². The van der Waals surface area contributed by atoms with E-state index in [0.717, 1.165) is 11.3 Å². The molecule has 7 nitrogen and oxygen atoms in total. The van der Waals surface area contributed by atoms with Crippen LogP contribution in [0.5, 0.6) is 0 Å². The fourth-order valence-electron chi connectivity index (χ4n) is 3.74. The number of thioether (sulfide) groups is 1. The highest BCUT2D eigenvalue weighted by Gasteiger charge is 2.26. The van der Waals surface area contributed by atoms with Crippen LogP contribution in [0.25, 0.3) is 17.1 Å². The molecular formula is C25H24N4O3S. The van der Waals surface area contributed by atoms with Crippen molar-refractivity contribution in [2.75, 3.05) is 12.4 Å². The van der Waals surface area contributed by atoms with Crippen LogP contribution in [0, 0.1) is 13.8 Å². The summed E-state index contributed by atoms with van der Waals surface area (Å²) in [5.41, 5.74) is 3.77. The Labute approximate surface area is 196 Å². The zero-order valence-corrected chi connectivity index (χ0v) is 19.5. The number of carbonyl (C=O) groups is 2. The Balaban J connectivity index is 1.66. The number of ether oxygens (including phenoxy) is 1. The van der Waals surface area contributed by atoms with E-state index >= 15 is 0 Å². The lowest BCUT2D eigenvalue weighted by atomic mass is 10.1. The van der Waals surface area contributed by atoms with E-state index in [2.05, 4.69) is 15.2 Å². The van der Waals surface area contributed by atoms with E-state index in [1.165, 1.54) is 11.8 Å². The summed E-state index contributed by atoms with van der Waals surface area (Å²) in [6.45, 7) is 5.53. The second-order valence-electron chi connectivity index (χ2n) is 7.40. The minimum atomic E-state index is -0.494. The van der Waals surface area contributed by atoms with Crippen LogP contribution in [0.2, 0.25) is 0 Å². The highest BCUT2D eigenvalue weighted by molar-refractivity contribution is 7.99. The molecule has 8 heteroatoms. The van der Waals surface area contributed by atoms with Gasteiger partial charge in [-0.05, 0) is 32.9 Å². The molecule has 0 aliphatic heterocycles. The number of hydrogen-bond donors (Lipinski definition) is 1.